The SMILES string of the molecule is CC(C)(C)NC(=O)CNCCCCC(N)=O. The van der Waals surface area contributed by atoms with Gasteiger partial charge in [0.05, 0.1) is 6.54 Å². The van der Waals surface area contributed by atoms with Gasteiger partial charge in [0, 0.05) is 12.0 Å². The highest BCUT2D eigenvalue weighted by molar-refractivity contribution is 5.78. The largest absolute Gasteiger partial charge is 0.370 e. The molecule has 0 aliphatic rings. The van der Waals surface area contributed by atoms with Gasteiger partial charge in [-0.25, -0.2) is 0 Å². The number of carbonyl (C=O) groups is 2. The topological polar surface area (TPSA) is 84.2 Å². The van der Waals surface area contributed by atoms with Crippen molar-refractivity contribution in [3.8, 4) is 0 Å². The Hall–Kier alpha value is -1.10. The van der Waals surface area contributed by atoms with Gasteiger partial charge >= 0.3 is 0 Å². The van der Waals surface area contributed by atoms with Crippen molar-refractivity contribution in [1.82, 2.24) is 10.6 Å². The highest BCUT2D eigenvalue weighted by Gasteiger charge is 2.12. The summed E-state index contributed by atoms with van der Waals surface area (Å²) in [7, 11) is 0. The Morgan fingerprint density at radius 3 is 2.31 bits per heavy atom. The maximum Gasteiger partial charge on any atom is 0.234 e. The molecule has 0 radical (unpaired) electrons. The second-order valence-corrected chi connectivity index (χ2v) is 4.90. The molecule has 2 amide bonds. The lowest BCUT2D eigenvalue weighted by Crippen LogP contribution is -2.44. The predicted octanol–water partition coefficient (Wildman–Crippen LogP) is 0.146. The number of amides is 2. The molecule has 5 nitrogen and oxygen atoms in total. The normalized spacial score (nSPS) is 11.2. The average molecular weight is 229 g/mol. The summed E-state index contributed by atoms with van der Waals surface area (Å²) in [5.74, 6) is -0.284. The molecular formula is C11H23N3O2. The first-order valence-electron chi connectivity index (χ1n) is 5.61. The third-order valence-corrected chi connectivity index (χ3v) is 1.83. The van der Waals surface area contributed by atoms with E-state index in [1.165, 1.54) is 0 Å². The summed E-state index contributed by atoms with van der Waals surface area (Å²) in [5, 5.41) is 5.87. The van der Waals surface area contributed by atoms with Crippen LogP contribution in [0.1, 0.15) is 40.0 Å². The number of nitrogens with two attached hydrogens (primary N) is 1. The maximum atomic E-state index is 11.4. The molecule has 0 rings (SSSR count). The molecule has 16 heavy (non-hydrogen) atoms. The minimum absolute atomic E-state index is 0.0117. The Bertz CT molecular complexity index is 234. The molecule has 0 aromatic heterocycles. The molecule has 0 saturated carbocycles. The summed E-state index contributed by atoms with van der Waals surface area (Å²) in [6.07, 6.45) is 2.03. The van der Waals surface area contributed by atoms with Crippen LogP contribution < -0.4 is 16.4 Å². The zero-order valence-corrected chi connectivity index (χ0v) is 10.4. The van der Waals surface area contributed by atoms with Crippen molar-refractivity contribution < 1.29 is 9.59 Å². The van der Waals surface area contributed by atoms with E-state index in [-0.39, 0.29) is 17.4 Å². The van der Waals surface area contributed by atoms with Crippen LogP contribution in [0, 0.1) is 0 Å². The molecule has 0 spiro atoms. The smallest absolute Gasteiger partial charge is 0.234 e. The molecular weight excluding hydrogens is 206 g/mol. The zero-order valence-electron chi connectivity index (χ0n) is 10.4. The minimum Gasteiger partial charge on any atom is -0.370 e. The zero-order chi connectivity index (χ0) is 12.6. The molecule has 0 unspecified atom stereocenters. The molecule has 0 bridgehead atoms. The van der Waals surface area contributed by atoms with Crippen LogP contribution in [0.25, 0.3) is 0 Å². The fraction of sp³-hybridized carbons (Fsp3) is 0.818. The van der Waals surface area contributed by atoms with Gasteiger partial charge in [0.1, 0.15) is 0 Å². The third kappa shape index (κ3) is 11.0. The van der Waals surface area contributed by atoms with Crippen LogP contribution in [-0.2, 0) is 9.59 Å². The quantitative estimate of drug-likeness (QED) is 0.543. The van der Waals surface area contributed by atoms with Crippen LogP contribution in [0.2, 0.25) is 0 Å². The van der Waals surface area contributed by atoms with Gasteiger partial charge in [0.15, 0.2) is 0 Å². The van der Waals surface area contributed by atoms with E-state index in [0.29, 0.717) is 13.0 Å². The van der Waals surface area contributed by atoms with Gasteiger partial charge in [0.25, 0.3) is 0 Å². The second-order valence-electron chi connectivity index (χ2n) is 4.90. The van der Waals surface area contributed by atoms with Crippen molar-refractivity contribution in [2.24, 2.45) is 5.73 Å². The highest BCUT2D eigenvalue weighted by Crippen LogP contribution is 1.97. The van der Waals surface area contributed by atoms with Gasteiger partial charge in [-0.15, -0.1) is 0 Å². The Morgan fingerprint density at radius 1 is 1.19 bits per heavy atom. The molecule has 0 aromatic rings. The van der Waals surface area contributed by atoms with Gasteiger partial charge < -0.3 is 16.4 Å². The Labute approximate surface area is 97.2 Å². The molecule has 0 heterocycles. The van der Waals surface area contributed by atoms with Crippen molar-refractivity contribution in [2.75, 3.05) is 13.1 Å². The molecule has 94 valence electrons. The Morgan fingerprint density at radius 2 is 1.81 bits per heavy atom. The number of primary amides is 1. The molecule has 0 fully saturated rings. The van der Waals surface area contributed by atoms with Crippen molar-refractivity contribution in [2.45, 2.75) is 45.6 Å². The van der Waals surface area contributed by atoms with Gasteiger partial charge in [-0.3, -0.25) is 9.59 Å². The number of nitrogens with one attached hydrogen (secondary N) is 2. The summed E-state index contributed by atoms with van der Waals surface area (Å²) in [5.41, 5.74) is 4.81. The van der Waals surface area contributed by atoms with Crippen LogP contribution in [0.15, 0.2) is 0 Å². The van der Waals surface area contributed by atoms with Crippen molar-refractivity contribution >= 4 is 11.8 Å². The highest BCUT2D eigenvalue weighted by atomic mass is 16.2. The van der Waals surface area contributed by atoms with E-state index in [4.69, 9.17) is 5.73 Å². The summed E-state index contributed by atoms with van der Waals surface area (Å²) < 4.78 is 0. The number of hydrogen-bond donors (Lipinski definition) is 3. The Kier molecular flexibility index (Phi) is 6.72. The van der Waals surface area contributed by atoms with E-state index in [9.17, 15) is 9.59 Å². The monoisotopic (exact) mass is 229 g/mol. The lowest BCUT2D eigenvalue weighted by Gasteiger charge is -2.20. The molecule has 0 atom stereocenters. The molecule has 4 N–H and O–H groups in total. The standard InChI is InChI=1S/C11H23N3O2/c1-11(2,3)14-10(16)8-13-7-5-4-6-9(12)15/h13H,4-8H2,1-3H3,(H2,12,15)(H,14,16). The molecule has 0 aromatic carbocycles. The lowest BCUT2D eigenvalue weighted by molar-refractivity contribution is -0.121. The number of hydrogen-bond acceptors (Lipinski definition) is 3. The number of carbonyl (C=O) groups excluding carboxylic acids is 2. The Balaban J connectivity index is 3.38. The summed E-state index contributed by atoms with van der Waals surface area (Å²) in [4.78, 5) is 21.8. The average Bonchev–Trinajstić information content (AvgIpc) is 2.07. The first-order valence-corrected chi connectivity index (χ1v) is 5.61. The third-order valence-electron chi connectivity index (χ3n) is 1.83. The molecule has 0 aliphatic heterocycles. The number of rotatable bonds is 7. The van der Waals surface area contributed by atoms with E-state index < -0.39 is 0 Å². The maximum absolute atomic E-state index is 11.4. The molecule has 0 aliphatic carbocycles. The first kappa shape index (κ1) is 14.9. The first-order chi connectivity index (χ1) is 7.31. The van der Waals surface area contributed by atoms with Crippen LogP contribution >= 0.6 is 0 Å². The second kappa shape index (κ2) is 7.22. The molecule has 0 saturated heterocycles. The van der Waals surface area contributed by atoms with E-state index in [1.54, 1.807) is 0 Å². The summed E-state index contributed by atoms with van der Waals surface area (Å²) >= 11 is 0. The predicted molar refractivity (Wildman–Crippen MR) is 63.8 cm³/mol. The fourth-order valence-electron chi connectivity index (χ4n) is 1.21. The lowest BCUT2D eigenvalue weighted by atomic mass is 10.1. The minimum atomic E-state index is -0.273. The van der Waals surface area contributed by atoms with E-state index in [2.05, 4.69) is 10.6 Å². The van der Waals surface area contributed by atoms with Crippen molar-refractivity contribution in [3.05, 3.63) is 0 Å². The van der Waals surface area contributed by atoms with Crippen LogP contribution in [0.4, 0.5) is 0 Å². The van der Waals surface area contributed by atoms with Crippen LogP contribution in [-0.4, -0.2) is 30.4 Å². The van der Waals surface area contributed by atoms with E-state index in [1.807, 2.05) is 20.8 Å². The van der Waals surface area contributed by atoms with Crippen molar-refractivity contribution in [1.29, 1.82) is 0 Å². The summed E-state index contributed by atoms with van der Waals surface area (Å²) in [6, 6.07) is 0. The van der Waals surface area contributed by atoms with Crippen LogP contribution in [0.5, 0.6) is 0 Å². The van der Waals surface area contributed by atoms with Gasteiger partial charge in [-0.1, -0.05) is 0 Å². The number of unbranched alkanes of at least 4 members (excludes halogenated alkanes) is 1. The van der Waals surface area contributed by atoms with Gasteiger partial charge in [0.2, 0.25) is 11.8 Å². The van der Waals surface area contributed by atoms with Gasteiger partial charge in [-0.2, -0.15) is 0 Å². The van der Waals surface area contributed by atoms with Crippen LogP contribution in [0.3, 0.4) is 0 Å². The van der Waals surface area contributed by atoms with E-state index >= 15 is 0 Å². The van der Waals surface area contributed by atoms with Gasteiger partial charge in [-0.05, 0) is 40.2 Å². The summed E-state index contributed by atoms with van der Waals surface area (Å²) in [6.45, 7) is 6.87. The van der Waals surface area contributed by atoms with E-state index in [0.717, 1.165) is 19.4 Å². The fourth-order valence-corrected chi connectivity index (χ4v) is 1.21. The molecule has 5 heteroatoms. The van der Waals surface area contributed by atoms with Crippen molar-refractivity contribution in [3.63, 3.8) is 0 Å².